The lowest BCUT2D eigenvalue weighted by Gasteiger charge is -2.46. The highest BCUT2D eigenvalue weighted by Gasteiger charge is 2.59. The van der Waals surface area contributed by atoms with Gasteiger partial charge in [0.1, 0.15) is 16.9 Å². The predicted molar refractivity (Wildman–Crippen MR) is 144 cm³/mol. The van der Waals surface area contributed by atoms with Crippen LogP contribution in [0, 0.1) is 11.7 Å². The molecule has 1 saturated carbocycles. The molecule has 3 amide bonds. The Morgan fingerprint density at radius 1 is 1.17 bits per heavy atom. The second kappa shape index (κ2) is 10.7. The molecule has 3 aromatic rings. The number of fused-ring (bicyclic) bond motifs is 2. The van der Waals surface area contributed by atoms with Crippen LogP contribution in [0.25, 0.3) is 0 Å². The fraction of sp³-hybridized carbons (Fsp3) is 0.407. The Hall–Kier alpha value is -3.58. The first-order valence-electron chi connectivity index (χ1n) is 13.1. The monoisotopic (exact) mass is 604 g/mol. The van der Waals surface area contributed by atoms with Crippen molar-refractivity contribution in [2.75, 3.05) is 24.5 Å². The second-order valence-electron chi connectivity index (χ2n) is 10.7. The van der Waals surface area contributed by atoms with E-state index in [1.165, 1.54) is 23.1 Å². The van der Waals surface area contributed by atoms with E-state index in [9.17, 15) is 27.6 Å². The summed E-state index contributed by atoms with van der Waals surface area (Å²) in [5, 5.41) is 8.28. The molecule has 3 aliphatic rings. The molecular weight excluding hydrogens is 581 g/mol. The molecule has 1 aromatic carbocycles. The molecule has 0 bridgehead atoms. The number of anilines is 1. The highest BCUT2D eigenvalue weighted by molar-refractivity contribution is 7.03. The summed E-state index contributed by atoms with van der Waals surface area (Å²) in [4.78, 5) is 46.1. The first-order valence-corrected chi connectivity index (χ1v) is 14.3. The van der Waals surface area contributed by atoms with Crippen molar-refractivity contribution in [2.24, 2.45) is 5.92 Å². The maximum absolute atomic E-state index is 14.3. The van der Waals surface area contributed by atoms with E-state index in [0.29, 0.717) is 43.5 Å². The number of pyridine rings is 1. The van der Waals surface area contributed by atoms with Gasteiger partial charge in [-0.25, -0.2) is 13.2 Å². The SMILES string of the molecule is O=C(NC1CCC(CN2C(=O)C3(CN(C(=O)c4csnn4)C3)c3cc(F)ccc32)CC1)c1cc(Cl)cnc1C(F)F. The third-order valence-corrected chi connectivity index (χ3v) is 8.88. The number of likely N-dealkylation sites (tertiary alicyclic amines) is 1. The van der Waals surface area contributed by atoms with E-state index in [1.54, 1.807) is 16.3 Å². The maximum Gasteiger partial charge on any atom is 0.281 e. The number of halogens is 4. The van der Waals surface area contributed by atoms with Crippen LogP contribution in [0.3, 0.4) is 0 Å². The minimum atomic E-state index is -2.91. The molecule has 2 fully saturated rings. The highest BCUT2D eigenvalue weighted by Crippen LogP contribution is 2.48. The standard InChI is InChI=1S/C27H24ClF3N6O3S/c28-15-7-18(22(23(30)31)32-9-15)24(38)33-17-4-1-14(2-5-17)10-37-21-6-3-16(29)8-19(21)27(26(37)40)12-36(13-27)25(39)20-11-41-35-34-20/h3,6-9,11,14,17,23H,1-2,4-5,10,12-13H2,(H,33,38). The van der Waals surface area contributed by atoms with Crippen molar-refractivity contribution >= 4 is 46.5 Å². The molecule has 2 aliphatic heterocycles. The Morgan fingerprint density at radius 2 is 1.93 bits per heavy atom. The summed E-state index contributed by atoms with van der Waals surface area (Å²) in [6.45, 7) is 0.678. The van der Waals surface area contributed by atoms with E-state index in [-0.39, 0.29) is 53.1 Å². The second-order valence-corrected chi connectivity index (χ2v) is 11.7. The molecule has 4 heterocycles. The predicted octanol–water partition coefficient (Wildman–Crippen LogP) is 4.39. The van der Waals surface area contributed by atoms with E-state index in [0.717, 1.165) is 17.7 Å². The van der Waals surface area contributed by atoms with E-state index in [2.05, 4.69) is 19.9 Å². The molecule has 9 nitrogen and oxygen atoms in total. The molecule has 2 aromatic heterocycles. The van der Waals surface area contributed by atoms with Crippen LogP contribution < -0.4 is 10.2 Å². The van der Waals surface area contributed by atoms with Crippen molar-refractivity contribution in [1.29, 1.82) is 0 Å². The molecule has 41 heavy (non-hydrogen) atoms. The number of nitrogens with zero attached hydrogens (tertiary/aromatic N) is 5. The zero-order valence-electron chi connectivity index (χ0n) is 21.5. The number of hydrogen-bond acceptors (Lipinski definition) is 7. The molecule has 14 heteroatoms. The molecule has 1 N–H and O–H groups in total. The van der Waals surface area contributed by atoms with E-state index < -0.39 is 29.3 Å². The Morgan fingerprint density at radius 3 is 2.61 bits per heavy atom. The lowest BCUT2D eigenvalue weighted by molar-refractivity contribution is -0.128. The van der Waals surface area contributed by atoms with Gasteiger partial charge < -0.3 is 15.1 Å². The van der Waals surface area contributed by atoms with Crippen molar-refractivity contribution < 1.29 is 27.6 Å². The van der Waals surface area contributed by atoms with Crippen LogP contribution in [-0.4, -0.2) is 62.9 Å². The number of benzene rings is 1. The number of carbonyl (C=O) groups excluding carboxylic acids is 3. The summed E-state index contributed by atoms with van der Waals surface area (Å²) in [7, 11) is 0. The van der Waals surface area contributed by atoms with E-state index in [1.807, 2.05) is 0 Å². The first kappa shape index (κ1) is 27.6. The van der Waals surface area contributed by atoms with Gasteiger partial charge in [0.05, 0.1) is 10.6 Å². The summed E-state index contributed by atoms with van der Waals surface area (Å²) >= 11 is 6.95. The highest BCUT2D eigenvalue weighted by atomic mass is 35.5. The van der Waals surface area contributed by atoms with Crippen LogP contribution in [0.2, 0.25) is 5.02 Å². The molecule has 1 aliphatic carbocycles. The fourth-order valence-electron chi connectivity index (χ4n) is 6.08. The average molecular weight is 605 g/mol. The number of aromatic nitrogens is 3. The van der Waals surface area contributed by atoms with E-state index >= 15 is 0 Å². The maximum atomic E-state index is 14.3. The minimum absolute atomic E-state index is 0.0931. The smallest absolute Gasteiger partial charge is 0.281 e. The van der Waals surface area contributed by atoms with Crippen LogP contribution in [0.15, 0.2) is 35.8 Å². The summed E-state index contributed by atoms with van der Waals surface area (Å²) in [6.07, 6.45) is 0.749. The normalized spacial score (nSPS) is 21.2. The summed E-state index contributed by atoms with van der Waals surface area (Å²) in [5.41, 5.74) is -0.430. The largest absolute Gasteiger partial charge is 0.349 e. The third kappa shape index (κ3) is 4.94. The summed E-state index contributed by atoms with van der Waals surface area (Å²) in [5.74, 6) is -1.47. The lowest BCUT2D eigenvalue weighted by atomic mass is 9.74. The first-order chi connectivity index (χ1) is 19.7. The minimum Gasteiger partial charge on any atom is -0.349 e. The van der Waals surface area contributed by atoms with Gasteiger partial charge in [-0.2, -0.15) is 0 Å². The van der Waals surface area contributed by atoms with Crippen LogP contribution in [0.4, 0.5) is 18.9 Å². The molecule has 1 saturated heterocycles. The summed E-state index contributed by atoms with van der Waals surface area (Å²) in [6, 6.07) is 5.28. The van der Waals surface area contributed by atoms with Gasteiger partial charge in [0, 0.05) is 42.9 Å². The average Bonchev–Trinajstić information content (AvgIpc) is 3.54. The molecule has 214 valence electrons. The zero-order valence-corrected chi connectivity index (χ0v) is 23.1. The van der Waals surface area contributed by atoms with Gasteiger partial charge in [-0.15, -0.1) is 5.10 Å². The Labute approximate surface area is 241 Å². The molecule has 0 atom stereocenters. The fourth-order valence-corrected chi connectivity index (χ4v) is 6.67. The molecule has 1 spiro atoms. The van der Waals surface area contributed by atoms with Gasteiger partial charge in [-0.05, 0) is 73.0 Å². The van der Waals surface area contributed by atoms with Gasteiger partial charge in [-0.1, -0.05) is 16.1 Å². The Kier molecular flexibility index (Phi) is 7.18. The lowest BCUT2D eigenvalue weighted by Crippen LogP contribution is -2.65. The van der Waals surface area contributed by atoms with Crippen molar-refractivity contribution in [3.05, 3.63) is 69.2 Å². The van der Waals surface area contributed by atoms with Gasteiger partial charge in [0.15, 0.2) is 5.69 Å². The number of amides is 3. The Balaban J connectivity index is 1.11. The van der Waals surface area contributed by atoms with Crippen molar-refractivity contribution in [3.8, 4) is 0 Å². The topological polar surface area (TPSA) is 108 Å². The third-order valence-electron chi connectivity index (χ3n) is 8.17. The van der Waals surface area contributed by atoms with Crippen LogP contribution in [0.5, 0.6) is 0 Å². The van der Waals surface area contributed by atoms with Crippen molar-refractivity contribution in [2.45, 2.75) is 43.6 Å². The van der Waals surface area contributed by atoms with Gasteiger partial charge in [0.2, 0.25) is 5.91 Å². The van der Waals surface area contributed by atoms with Gasteiger partial charge >= 0.3 is 0 Å². The van der Waals surface area contributed by atoms with Crippen LogP contribution in [-0.2, 0) is 10.2 Å². The van der Waals surface area contributed by atoms with Crippen molar-refractivity contribution in [3.63, 3.8) is 0 Å². The number of carbonyl (C=O) groups is 3. The molecule has 0 unspecified atom stereocenters. The van der Waals surface area contributed by atoms with Gasteiger partial charge in [0.25, 0.3) is 18.2 Å². The van der Waals surface area contributed by atoms with E-state index in [4.69, 9.17) is 11.6 Å². The number of hydrogen-bond donors (Lipinski definition) is 1. The zero-order chi connectivity index (χ0) is 28.9. The molecule has 6 rings (SSSR count). The Bertz CT molecular complexity index is 1510. The van der Waals surface area contributed by atoms with Gasteiger partial charge in [-0.3, -0.25) is 19.4 Å². The quantitative estimate of drug-likeness (QED) is 0.447. The molecule has 0 radical (unpaired) electrons. The number of alkyl halides is 2. The van der Waals surface area contributed by atoms with Crippen LogP contribution >= 0.6 is 23.1 Å². The van der Waals surface area contributed by atoms with Crippen LogP contribution in [0.1, 0.15) is 64.2 Å². The number of rotatable bonds is 6. The summed E-state index contributed by atoms with van der Waals surface area (Å²) < 4.78 is 44.7. The molecular formula is C27H24ClF3N6O3S. The van der Waals surface area contributed by atoms with Crippen molar-refractivity contribution in [1.82, 2.24) is 24.8 Å². The number of nitrogens with one attached hydrogen (secondary N) is 1.